The molecule has 1 spiro atoms. The number of benzene rings is 3. The van der Waals surface area contributed by atoms with Gasteiger partial charge in [-0.3, -0.25) is 9.59 Å². The number of likely N-dealkylation sites (tertiary alicyclic amines) is 1. The van der Waals surface area contributed by atoms with Crippen molar-refractivity contribution in [2.75, 3.05) is 13.6 Å². The summed E-state index contributed by atoms with van der Waals surface area (Å²) in [5.74, 6) is -5.37. The first-order valence-electron chi connectivity index (χ1n) is 17.5. The van der Waals surface area contributed by atoms with E-state index in [1.54, 1.807) is 48.5 Å². The summed E-state index contributed by atoms with van der Waals surface area (Å²) in [4.78, 5) is 67.2. The van der Waals surface area contributed by atoms with E-state index in [1.165, 1.54) is 24.3 Å². The molecule has 2 heterocycles. The van der Waals surface area contributed by atoms with E-state index in [0.717, 1.165) is 18.1 Å². The van der Waals surface area contributed by atoms with E-state index in [2.05, 4.69) is 4.90 Å². The molecule has 282 valence electrons. The Kier molecular flexibility index (Phi) is 9.77. The Bertz CT molecular complexity index is 2020. The van der Waals surface area contributed by atoms with Gasteiger partial charge in [0, 0.05) is 41.6 Å². The number of nitrogens with zero attached hydrogens (tertiary/aromatic N) is 1. The van der Waals surface area contributed by atoms with Crippen molar-refractivity contribution in [3.8, 4) is 5.75 Å². The van der Waals surface area contributed by atoms with E-state index < -0.39 is 71.7 Å². The van der Waals surface area contributed by atoms with Crippen molar-refractivity contribution in [1.82, 2.24) is 4.90 Å². The SMILES string of the molecule is CC(=O)O[C@@H](CC(=O)OC1=CC[C@@]2(O)[C@H]3Cc4ccc(CO)c5c4[C@@]2(CCN3C)[C@H]1O5)C(=O)O[C@H](C(=O)O[C@H](C(=O)O)c1ccccc1)c1ccccc1. The Morgan fingerprint density at radius 2 is 1.56 bits per heavy atom. The molecule has 3 aromatic carbocycles. The summed E-state index contributed by atoms with van der Waals surface area (Å²) in [6.07, 6.45) is -4.44. The number of likely N-dealkylation sites (N-methyl/N-ethyl adjacent to an activating group) is 1. The molecule has 7 rings (SSSR count). The van der Waals surface area contributed by atoms with Gasteiger partial charge in [-0.25, -0.2) is 14.4 Å². The van der Waals surface area contributed by atoms with Crippen LogP contribution in [-0.4, -0.2) is 87.5 Å². The molecule has 3 aromatic rings. The van der Waals surface area contributed by atoms with Crippen LogP contribution in [-0.2, 0) is 61.4 Å². The first kappa shape index (κ1) is 36.8. The highest BCUT2D eigenvalue weighted by Crippen LogP contribution is 2.64. The number of carbonyl (C=O) groups is 5. The molecule has 0 radical (unpaired) electrons. The van der Waals surface area contributed by atoms with Gasteiger partial charge >= 0.3 is 29.8 Å². The molecule has 4 aliphatic rings. The summed E-state index contributed by atoms with van der Waals surface area (Å²) in [7, 11) is 1.96. The van der Waals surface area contributed by atoms with Gasteiger partial charge in [-0.1, -0.05) is 72.8 Å². The number of carboxylic acids is 1. The average molecular weight is 742 g/mol. The van der Waals surface area contributed by atoms with Gasteiger partial charge in [0.1, 0.15) is 11.5 Å². The predicted molar refractivity (Wildman–Crippen MR) is 185 cm³/mol. The van der Waals surface area contributed by atoms with Crippen molar-refractivity contribution >= 4 is 29.8 Å². The summed E-state index contributed by atoms with van der Waals surface area (Å²) in [5, 5.41) is 32.4. The molecule has 2 bridgehead atoms. The minimum atomic E-state index is -1.88. The monoisotopic (exact) mass is 741 g/mol. The number of rotatable bonds is 12. The third-order valence-electron chi connectivity index (χ3n) is 10.9. The first-order chi connectivity index (χ1) is 25.9. The normalized spacial score (nSPS) is 25.1. The summed E-state index contributed by atoms with van der Waals surface area (Å²) >= 11 is 0. The standard InChI is InChI=1S/C40H39NO13/c1-22(43)50-28(37(47)54-34(24-11-7-4-8-12-24)38(48)53-33(36(45)46)23-9-5-3-6-10-23)20-30(44)51-27-15-16-40(49)29-19-25-13-14-26(21-42)32-31(25)39(40,35(27)52-32)17-18-41(29)2/h3-15,28-29,33-35,42,49H,16-21H2,1-2H3,(H,45,46)/t28-,29+,33-,34-,35-,39-,40+/m0/s1. The maximum atomic E-state index is 13.7. The zero-order chi connectivity index (χ0) is 38.4. The molecule has 1 fully saturated rings. The van der Waals surface area contributed by atoms with Crippen LogP contribution < -0.4 is 4.74 Å². The zero-order valence-electron chi connectivity index (χ0n) is 29.5. The van der Waals surface area contributed by atoms with E-state index in [4.69, 9.17) is 23.7 Å². The van der Waals surface area contributed by atoms with Gasteiger partial charge in [0.25, 0.3) is 0 Å². The number of esters is 4. The largest absolute Gasteiger partial charge is 0.481 e. The highest BCUT2D eigenvalue weighted by Gasteiger charge is 2.72. The highest BCUT2D eigenvalue weighted by molar-refractivity contribution is 5.88. The number of carboxylic acid groups (broad SMARTS) is 1. The molecule has 0 unspecified atom stereocenters. The third-order valence-corrected chi connectivity index (χ3v) is 10.9. The molecule has 54 heavy (non-hydrogen) atoms. The molecule has 0 aromatic heterocycles. The fourth-order valence-corrected chi connectivity index (χ4v) is 8.47. The van der Waals surface area contributed by atoms with E-state index in [0.29, 0.717) is 30.7 Å². The number of aliphatic hydroxyl groups is 2. The van der Waals surface area contributed by atoms with E-state index in [1.807, 2.05) is 13.1 Å². The van der Waals surface area contributed by atoms with Gasteiger partial charge in [-0.05, 0) is 38.1 Å². The van der Waals surface area contributed by atoms with Crippen LogP contribution in [0.1, 0.15) is 66.2 Å². The van der Waals surface area contributed by atoms with Crippen LogP contribution >= 0.6 is 0 Å². The lowest BCUT2D eigenvalue weighted by molar-refractivity contribution is -0.185. The Labute approximate surface area is 309 Å². The van der Waals surface area contributed by atoms with Crippen LogP contribution in [0.5, 0.6) is 5.75 Å². The van der Waals surface area contributed by atoms with Gasteiger partial charge in [0.05, 0.1) is 24.0 Å². The van der Waals surface area contributed by atoms with Crippen LogP contribution in [0.3, 0.4) is 0 Å². The maximum Gasteiger partial charge on any atom is 0.353 e. The Morgan fingerprint density at radius 1 is 0.907 bits per heavy atom. The van der Waals surface area contributed by atoms with Crippen LogP contribution in [0.25, 0.3) is 0 Å². The summed E-state index contributed by atoms with van der Waals surface area (Å²) < 4.78 is 28.4. The molecule has 7 atom stereocenters. The van der Waals surface area contributed by atoms with Crippen LogP contribution in [0, 0.1) is 0 Å². The number of piperidine rings is 1. The third kappa shape index (κ3) is 6.19. The molecule has 2 aliphatic carbocycles. The van der Waals surface area contributed by atoms with Crippen LogP contribution in [0.4, 0.5) is 0 Å². The van der Waals surface area contributed by atoms with Gasteiger partial charge in [-0.2, -0.15) is 0 Å². The van der Waals surface area contributed by atoms with Crippen LogP contribution in [0.15, 0.2) is 84.6 Å². The molecule has 0 amide bonds. The van der Waals surface area contributed by atoms with Crippen molar-refractivity contribution in [2.24, 2.45) is 0 Å². The summed E-state index contributed by atoms with van der Waals surface area (Å²) in [6, 6.07) is 18.9. The maximum absolute atomic E-state index is 13.7. The Hall–Kier alpha value is -5.57. The molecule has 0 saturated carbocycles. The second-order valence-electron chi connectivity index (χ2n) is 14.0. The molecule has 1 saturated heterocycles. The number of ether oxygens (including phenoxy) is 5. The lowest BCUT2D eigenvalue weighted by Gasteiger charge is -2.61. The van der Waals surface area contributed by atoms with Gasteiger partial charge in [0.15, 0.2) is 6.10 Å². The topological polar surface area (TPSA) is 195 Å². The fourth-order valence-electron chi connectivity index (χ4n) is 8.47. The number of carbonyl (C=O) groups excluding carboxylic acids is 4. The predicted octanol–water partition coefficient (Wildman–Crippen LogP) is 2.98. The lowest BCUT2D eigenvalue weighted by Crippen LogP contribution is -2.74. The Morgan fingerprint density at radius 3 is 2.19 bits per heavy atom. The number of hydrogen-bond donors (Lipinski definition) is 3. The molecule has 3 N–H and O–H groups in total. The molecule has 14 nitrogen and oxygen atoms in total. The molecular weight excluding hydrogens is 702 g/mol. The van der Waals surface area contributed by atoms with Gasteiger partial charge < -0.3 is 43.9 Å². The van der Waals surface area contributed by atoms with Crippen LogP contribution in [0.2, 0.25) is 0 Å². The molecule has 2 aliphatic heterocycles. The van der Waals surface area contributed by atoms with Gasteiger partial charge in [-0.15, -0.1) is 0 Å². The number of hydrogen-bond acceptors (Lipinski definition) is 13. The van der Waals surface area contributed by atoms with Crippen molar-refractivity contribution in [3.05, 3.63) is 112 Å². The fraction of sp³-hybridized carbons (Fsp3) is 0.375. The molecular formula is C40H39NO13. The minimum absolute atomic E-state index is 0.0993. The minimum Gasteiger partial charge on any atom is -0.481 e. The second kappa shape index (κ2) is 14.3. The number of aliphatic hydroxyl groups excluding tert-OH is 1. The van der Waals surface area contributed by atoms with Gasteiger partial charge in [0.2, 0.25) is 18.3 Å². The molecule has 14 heteroatoms. The first-order valence-corrected chi connectivity index (χ1v) is 17.5. The summed E-state index contributed by atoms with van der Waals surface area (Å²) in [6.45, 7) is 1.34. The average Bonchev–Trinajstić information content (AvgIpc) is 3.51. The van der Waals surface area contributed by atoms with E-state index >= 15 is 0 Å². The van der Waals surface area contributed by atoms with E-state index in [9.17, 15) is 39.3 Å². The zero-order valence-corrected chi connectivity index (χ0v) is 29.5. The van der Waals surface area contributed by atoms with Crippen molar-refractivity contribution in [3.63, 3.8) is 0 Å². The summed E-state index contributed by atoms with van der Waals surface area (Å²) in [5.41, 5.74) is 0.317. The van der Waals surface area contributed by atoms with E-state index in [-0.39, 0.29) is 36.0 Å². The Balaban J connectivity index is 1.12. The quantitative estimate of drug-likeness (QED) is 0.181. The van der Waals surface area contributed by atoms with Crippen molar-refractivity contribution < 1.29 is 63.0 Å². The smallest absolute Gasteiger partial charge is 0.353 e. The highest BCUT2D eigenvalue weighted by atomic mass is 16.6. The van der Waals surface area contributed by atoms with Crippen molar-refractivity contribution in [1.29, 1.82) is 0 Å². The number of aliphatic carboxylic acids is 1. The van der Waals surface area contributed by atoms with Crippen molar-refractivity contribution in [2.45, 2.75) is 80.7 Å². The lowest BCUT2D eigenvalue weighted by atomic mass is 9.50. The second-order valence-corrected chi connectivity index (χ2v) is 14.0.